The smallest absolute Gasteiger partial charge is 0.271 e. The quantitative estimate of drug-likeness (QED) is 0.784. The van der Waals surface area contributed by atoms with Gasteiger partial charge in [-0.25, -0.2) is 8.42 Å². The first-order valence-electron chi connectivity index (χ1n) is 5.41. The van der Waals surface area contributed by atoms with E-state index in [0.717, 1.165) is 16.9 Å². The van der Waals surface area contributed by atoms with E-state index >= 15 is 0 Å². The Morgan fingerprint density at radius 2 is 1.95 bits per heavy atom. The summed E-state index contributed by atoms with van der Waals surface area (Å²) < 4.78 is 27.7. The molecule has 0 bridgehead atoms. The molecule has 2 aromatic rings. The summed E-state index contributed by atoms with van der Waals surface area (Å²) in [4.78, 5) is 0.0540. The van der Waals surface area contributed by atoms with Crippen LogP contribution in [0, 0.1) is 0 Å². The first-order chi connectivity index (χ1) is 8.90. The molecule has 1 aromatic heterocycles. The Morgan fingerprint density at radius 1 is 1.26 bits per heavy atom. The minimum absolute atomic E-state index is 0.0540. The molecule has 1 aromatic carbocycles. The van der Waals surface area contributed by atoms with Crippen molar-refractivity contribution in [1.82, 2.24) is 0 Å². The van der Waals surface area contributed by atoms with Crippen LogP contribution in [0.3, 0.4) is 0 Å². The topological polar surface area (TPSA) is 46.2 Å². The second-order valence-electron chi connectivity index (χ2n) is 3.87. The van der Waals surface area contributed by atoms with E-state index in [4.69, 9.17) is 11.6 Å². The van der Waals surface area contributed by atoms with Crippen LogP contribution in [0.1, 0.15) is 17.3 Å². The highest BCUT2D eigenvalue weighted by atomic mass is 79.9. The molecule has 102 valence electrons. The zero-order valence-corrected chi connectivity index (χ0v) is 13.9. The molecule has 0 fully saturated rings. The molecule has 0 amide bonds. The van der Waals surface area contributed by atoms with Crippen LogP contribution >= 0.6 is 38.9 Å². The molecule has 3 nitrogen and oxygen atoms in total. The Bertz CT molecular complexity index is 683. The fourth-order valence-electron chi connectivity index (χ4n) is 1.57. The summed E-state index contributed by atoms with van der Waals surface area (Å²) in [7, 11) is -3.59. The van der Waals surface area contributed by atoms with Crippen molar-refractivity contribution in [3.05, 3.63) is 46.3 Å². The fraction of sp³-hybridized carbons (Fsp3) is 0.167. The maximum Gasteiger partial charge on any atom is 0.271 e. The zero-order valence-electron chi connectivity index (χ0n) is 9.93. The Balaban J connectivity index is 2.36. The van der Waals surface area contributed by atoms with Gasteiger partial charge in [-0.2, -0.15) is 0 Å². The van der Waals surface area contributed by atoms with Crippen molar-refractivity contribution in [1.29, 1.82) is 0 Å². The van der Waals surface area contributed by atoms with Crippen LogP contribution < -0.4 is 4.72 Å². The van der Waals surface area contributed by atoms with Crippen molar-refractivity contribution >= 4 is 54.6 Å². The zero-order chi connectivity index (χ0) is 14.0. The Morgan fingerprint density at radius 3 is 2.53 bits per heavy atom. The van der Waals surface area contributed by atoms with E-state index in [0.29, 0.717) is 10.0 Å². The van der Waals surface area contributed by atoms with Crippen molar-refractivity contribution in [2.24, 2.45) is 0 Å². The summed E-state index contributed by atoms with van der Waals surface area (Å²) >= 11 is 10.2. The van der Waals surface area contributed by atoms with Crippen LogP contribution in [0.2, 0.25) is 4.34 Å². The largest absolute Gasteiger partial charge is 0.279 e. The van der Waals surface area contributed by atoms with Gasteiger partial charge in [0.15, 0.2) is 0 Å². The van der Waals surface area contributed by atoms with Crippen molar-refractivity contribution < 1.29 is 8.42 Å². The maximum absolute atomic E-state index is 12.2. The Kier molecular flexibility index (Phi) is 4.55. The lowest BCUT2D eigenvalue weighted by atomic mass is 10.1. The standard InChI is InChI=1S/C12H11BrClNO2S2/c1-8(13)9-4-2-3-5-10(9)15-19(16,17)12-7-6-11(14)18-12/h2-8,15H,1H3. The number of hydrogen-bond donors (Lipinski definition) is 1. The van der Waals surface area contributed by atoms with E-state index in [1.54, 1.807) is 18.2 Å². The highest BCUT2D eigenvalue weighted by molar-refractivity contribution is 9.09. The van der Waals surface area contributed by atoms with Gasteiger partial charge < -0.3 is 0 Å². The molecular weight excluding hydrogens is 370 g/mol. The Labute approximate surface area is 129 Å². The summed E-state index contributed by atoms with van der Waals surface area (Å²) in [5.74, 6) is 0. The number of thiophene rings is 1. The highest BCUT2D eigenvalue weighted by Gasteiger charge is 2.19. The first kappa shape index (κ1) is 14.8. The number of benzene rings is 1. The number of rotatable bonds is 4. The van der Waals surface area contributed by atoms with Gasteiger partial charge >= 0.3 is 0 Å². The molecule has 0 radical (unpaired) electrons. The maximum atomic E-state index is 12.2. The third kappa shape index (κ3) is 3.51. The number of halogens is 2. The van der Waals surface area contributed by atoms with Gasteiger partial charge in [0.05, 0.1) is 10.0 Å². The molecule has 1 atom stereocenters. The van der Waals surface area contributed by atoms with Gasteiger partial charge in [-0.1, -0.05) is 45.7 Å². The van der Waals surface area contributed by atoms with Gasteiger partial charge in [0.25, 0.3) is 10.0 Å². The predicted molar refractivity (Wildman–Crippen MR) is 83.9 cm³/mol. The first-order valence-corrected chi connectivity index (χ1v) is 9.00. The number of sulfonamides is 1. The van der Waals surface area contributed by atoms with Crippen LogP contribution in [0.15, 0.2) is 40.6 Å². The summed E-state index contributed by atoms with van der Waals surface area (Å²) in [5, 5.41) is 0. The monoisotopic (exact) mass is 379 g/mol. The van der Waals surface area contributed by atoms with Crippen LogP contribution in [0.5, 0.6) is 0 Å². The summed E-state index contributed by atoms with van der Waals surface area (Å²) in [6, 6.07) is 10.3. The lowest BCUT2D eigenvalue weighted by Crippen LogP contribution is -2.13. The molecule has 0 aliphatic rings. The molecule has 0 saturated carbocycles. The molecule has 7 heteroatoms. The molecule has 19 heavy (non-hydrogen) atoms. The van der Waals surface area contributed by atoms with Crippen LogP contribution in [-0.4, -0.2) is 8.42 Å². The number of para-hydroxylation sites is 1. The Hall–Kier alpha value is -0.560. The molecule has 0 spiro atoms. The van der Waals surface area contributed by atoms with E-state index in [9.17, 15) is 8.42 Å². The van der Waals surface area contributed by atoms with E-state index in [-0.39, 0.29) is 9.04 Å². The number of hydrogen-bond acceptors (Lipinski definition) is 3. The average molecular weight is 381 g/mol. The molecule has 0 aliphatic carbocycles. The van der Waals surface area contributed by atoms with E-state index < -0.39 is 10.0 Å². The van der Waals surface area contributed by atoms with E-state index in [1.165, 1.54) is 6.07 Å². The van der Waals surface area contributed by atoms with Crippen molar-refractivity contribution in [3.8, 4) is 0 Å². The summed E-state index contributed by atoms with van der Waals surface area (Å²) in [5.41, 5.74) is 1.45. The van der Waals surface area contributed by atoms with Crippen molar-refractivity contribution in [2.75, 3.05) is 4.72 Å². The minimum atomic E-state index is -3.59. The van der Waals surface area contributed by atoms with Crippen molar-refractivity contribution in [2.45, 2.75) is 16.0 Å². The number of nitrogens with one attached hydrogen (secondary N) is 1. The summed E-state index contributed by atoms with van der Waals surface area (Å²) in [6.07, 6.45) is 0. The van der Waals surface area contributed by atoms with Gasteiger partial charge in [0, 0.05) is 4.83 Å². The van der Waals surface area contributed by atoms with E-state index in [1.807, 2.05) is 19.1 Å². The van der Waals surface area contributed by atoms with Crippen LogP contribution in [-0.2, 0) is 10.0 Å². The molecule has 1 N–H and O–H groups in total. The van der Waals surface area contributed by atoms with Gasteiger partial charge in [0.1, 0.15) is 4.21 Å². The SMILES string of the molecule is CC(Br)c1ccccc1NS(=O)(=O)c1ccc(Cl)s1. The second kappa shape index (κ2) is 5.83. The molecule has 0 saturated heterocycles. The lowest BCUT2D eigenvalue weighted by molar-refractivity contribution is 0.603. The van der Waals surface area contributed by atoms with Gasteiger partial charge in [-0.15, -0.1) is 11.3 Å². The van der Waals surface area contributed by atoms with E-state index in [2.05, 4.69) is 20.7 Å². The predicted octanol–water partition coefficient (Wildman–Crippen LogP) is 4.66. The molecular formula is C12H11BrClNO2S2. The number of alkyl halides is 1. The second-order valence-corrected chi connectivity index (χ2v) is 8.87. The fourth-order valence-corrected chi connectivity index (χ4v) is 4.54. The minimum Gasteiger partial charge on any atom is -0.279 e. The molecule has 1 unspecified atom stereocenters. The third-order valence-corrected chi connectivity index (χ3v) is 6.03. The lowest BCUT2D eigenvalue weighted by Gasteiger charge is -2.13. The van der Waals surface area contributed by atoms with Crippen molar-refractivity contribution in [3.63, 3.8) is 0 Å². The molecule has 1 heterocycles. The number of anilines is 1. The van der Waals surface area contributed by atoms with Gasteiger partial charge in [-0.3, -0.25) is 4.72 Å². The van der Waals surface area contributed by atoms with Crippen LogP contribution in [0.25, 0.3) is 0 Å². The normalized spacial score (nSPS) is 13.2. The van der Waals surface area contributed by atoms with Crippen LogP contribution in [0.4, 0.5) is 5.69 Å². The van der Waals surface area contributed by atoms with Gasteiger partial charge in [-0.05, 0) is 30.7 Å². The molecule has 2 rings (SSSR count). The van der Waals surface area contributed by atoms with Gasteiger partial charge in [0.2, 0.25) is 0 Å². The third-order valence-electron chi connectivity index (χ3n) is 2.45. The average Bonchev–Trinajstić information content (AvgIpc) is 2.76. The highest BCUT2D eigenvalue weighted by Crippen LogP contribution is 2.32. The molecule has 0 aliphatic heterocycles. The summed E-state index contributed by atoms with van der Waals surface area (Å²) in [6.45, 7) is 1.94.